The number of nitrogens with zero attached hydrogens (tertiary/aromatic N) is 3. The summed E-state index contributed by atoms with van der Waals surface area (Å²) >= 11 is 1.26. The third-order valence-electron chi connectivity index (χ3n) is 5.50. The lowest BCUT2D eigenvalue weighted by Gasteiger charge is -2.25. The highest BCUT2D eigenvalue weighted by Gasteiger charge is 2.25. The van der Waals surface area contributed by atoms with E-state index in [9.17, 15) is 9.18 Å². The minimum Gasteiger partial charge on any atom is -0.422 e. The van der Waals surface area contributed by atoms with Gasteiger partial charge in [0.1, 0.15) is 16.3 Å². The molecule has 0 atom stereocenters. The SMILES string of the molecule is O=c1oc2ccccc2cc1Sc1nnc(-c2cccc(F)c2)n1C1CCCCC1. The van der Waals surface area contributed by atoms with Gasteiger partial charge in [0.05, 0.1) is 0 Å². The summed E-state index contributed by atoms with van der Waals surface area (Å²) < 4.78 is 21.4. The molecule has 2 heterocycles. The van der Waals surface area contributed by atoms with Crippen molar-refractivity contribution in [3.05, 3.63) is 70.8 Å². The van der Waals surface area contributed by atoms with E-state index in [0.29, 0.717) is 27.0 Å². The lowest BCUT2D eigenvalue weighted by molar-refractivity contribution is 0.339. The van der Waals surface area contributed by atoms with Gasteiger partial charge in [-0.3, -0.25) is 4.57 Å². The molecule has 0 spiro atoms. The Hall–Kier alpha value is -2.93. The van der Waals surface area contributed by atoms with E-state index in [-0.39, 0.29) is 11.9 Å². The summed E-state index contributed by atoms with van der Waals surface area (Å²) in [6.07, 6.45) is 5.51. The van der Waals surface area contributed by atoms with Gasteiger partial charge in [-0.15, -0.1) is 10.2 Å². The molecular weight excluding hydrogens is 401 g/mol. The maximum atomic E-state index is 13.9. The lowest BCUT2D eigenvalue weighted by atomic mass is 9.95. The number of hydrogen-bond donors (Lipinski definition) is 0. The maximum Gasteiger partial charge on any atom is 0.350 e. The monoisotopic (exact) mass is 421 g/mol. The Morgan fingerprint density at radius 2 is 1.83 bits per heavy atom. The number of rotatable bonds is 4. The molecule has 1 saturated carbocycles. The minimum absolute atomic E-state index is 0.224. The number of halogens is 1. The second-order valence-corrected chi connectivity index (χ2v) is 8.53. The summed E-state index contributed by atoms with van der Waals surface area (Å²) in [6.45, 7) is 0. The first-order chi connectivity index (χ1) is 14.7. The quantitative estimate of drug-likeness (QED) is 0.387. The number of para-hydroxylation sites is 1. The van der Waals surface area contributed by atoms with Crippen molar-refractivity contribution in [3.63, 3.8) is 0 Å². The van der Waals surface area contributed by atoms with Crippen LogP contribution in [0.15, 0.2) is 73.9 Å². The molecule has 0 bridgehead atoms. The summed E-state index contributed by atoms with van der Waals surface area (Å²) in [4.78, 5) is 13.0. The van der Waals surface area contributed by atoms with E-state index in [0.717, 1.165) is 31.1 Å². The van der Waals surface area contributed by atoms with Gasteiger partial charge in [-0.05, 0) is 48.9 Å². The standard InChI is InChI=1S/C23H20FN3O2S/c24-17-9-6-8-16(13-17)21-25-26-23(27(21)18-10-2-1-3-11-18)30-20-14-15-7-4-5-12-19(15)29-22(20)28/h4-9,12-14,18H,1-3,10-11H2. The third-order valence-corrected chi connectivity index (χ3v) is 6.46. The molecule has 1 aliphatic rings. The van der Waals surface area contributed by atoms with Gasteiger partial charge in [-0.25, -0.2) is 9.18 Å². The van der Waals surface area contributed by atoms with Crippen LogP contribution in [0, 0.1) is 5.82 Å². The predicted octanol–water partition coefficient (Wildman–Crippen LogP) is 5.85. The topological polar surface area (TPSA) is 60.9 Å². The van der Waals surface area contributed by atoms with Crippen LogP contribution in [0.2, 0.25) is 0 Å². The van der Waals surface area contributed by atoms with Gasteiger partial charge in [0, 0.05) is 17.0 Å². The van der Waals surface area contributed by atoms with Gasteiger partial charge in [0.2, 0.25) is 0 Å². The molecule has 5 nitrogen and oxygen atoms in total. The van der Waals surface area contributed by atoms with Crippen LogP contribution in [0.1, 0.15) is 38.1 Å². The van der Waals surface area contributed by atoms with Crippen molar-refractivity contribution in [2.75, 3.05) is 0 Å². The number of fused-ring (bicyclic) bond motifs is 1. The minimum atomic E-state index is -0.399. The van der Waals surface area contributed by atoms with Crippen LogP contribution < -0.4 is 5.63 Å². The second-order valence-electron chi connectivity index (χ2n) is 7.52. The molecule has 0 saturated heterocycles. The highest BCUT2D eigenvalue weighted by atomic mass is 32.2. The van der Waals surface area contributed by atoms with E-state index in [4.69, 9.17) is 4.42 Å². The van der Waals surface area contributed by atoms with Crippen molar-refractivity contribution < 1.29 is 8.81 Å². The average Bonchev–Trinajstić information content (AvgIpc) is 3.18. The fraction of sp³-hybridized carbons (Fsp3) is 0.261. The molecule has 152 valence electrons. The fourth-order valence-corrected chi connectivity index (χ4v) is 4.98. The zero-order valence-electron chi connectivity index (χ0n) is 16.3. The first-order valence-corrected chi connectivity index (χ1v) is 10.9. The van der Waals surface area contributed by atoms with E-state index >= 15 is 0 Å². The molecule has 30 heavy (non-hydrogen) atoms. The van der Waals surface area contributed by atoms with Crippen molar-refractivity contribution in [2.24, 2.45) is 0 Å². The average molecular weight is 421 g/mol. The molecule has 0 aliphatic heterocycles. The Morgan fingerprint density at radius 1 is 1.00 bits per heavy atom. The van der Waals surface area contributed by atoms with Crippen molar-refractivity contribution in [1.82, 2.24) is 14.8 Å². The zero-order chi connectivity index (χ0) is 20.5. The Balaban J connectivity index is 1.60. The molecule has 7 heteroatoms. The molecule has 5 rings (SSSR count). The van der Waals surface area contributed by atoms with Gasteiger partial charge < -0.3 is 4.42 Å². The maximum absolute atomic E-state index is 13.9. The molecule has 0 radical (unpaired) electrons. The van der Waals surface area contributed by atoms with Crippen molar-refractivity contribution in [3.8, 4) is 11.4 Å². The summed E-state index contributed by atoms with van der Waals surface area (Å²) in [6, 6.07) is 15.9. The molecule has 1 aliphatic carbocycles. The van der Waals surface area contributed by atoms with E-state index in [1.807, 2.05) is 30.3 Å². The predicted molar refractivity (Wildman–Crippen MR) is 114 cm³/mol. The summed E-state index contributed by atoms with van der Waals surface area (Å²) in [5.41, 5.74) is 0.843. The molecule has 4 aromatic rings. The Morgan fingerprint density at radius 3 is 2.67 bits per heavy atom. The smallest absolute Gasteiger partial charge is 0.350 e. The van der Waals surface area contributed by atoms with Crippen LogP contribution in [-0.4, -0.2) is 14.8 Å². The first kappa shape index (κ1) is 19.1. The molecular formula is C23H20FN3O2S. The lowest BCUT2D eigenvalue weighted by Crippen LogP contribution is -2.15. The molecule has 0 unspecified atom stereocenters. The highest BCUT2D eigenvalue weighted by Crippen LogP contribution is 2.37. The van der Waals surface area contributed by atoms with Gasteiger partial charge in [-0.2, -0.15) is 0 Å². The number of benzene rings is 2. The number of aromatic nitrogens is 3. The van der Waals surface area contributed by atoms with E-state index in [1.54, 1.807) is 12.1 Å². The Bertz CT molecular complexity index is 1260. The molecule has 2 aromatic heterocycles. The summed E-state index contributed by atoms with van der Waals surface area (Å²) in [5.74, 6) is 0.323. The highest BCUT2D eigenvalue weighted by molar-refractivity contribution is 7.99. The largest absolute Gasteiger partial charge is 0.422 e. The van der Waals surface area contributed by atoms with Gasteiger partial charge >= 0.3 is 5.63 Å². The zero-order valence-corrected chi connectivity index (χ0v) is 17.1. The van der Waals surface area contributed by atoms with Crippen LogP contribution in [-0.2, 0) is 0 Å². The Labute approximate surface area is 176 Å². The van der Waals surface area contributed by atoms with Gasteiger partial charge in [0.15, 0.2) is 11.0 Å². The summed E-state index contributed by atoms with van der Waals surface area (Å²) in [7, 11) is 0. The number of hydrogen-bond acceptors (Lipinski definition) is 5. The fourth-order valence-electron chi connectivity index (χ4n) is 4.05. The van der Waals surface area contributed by atoms with E-state index in [1.165, 1.54) is 30.3 Å². The molecule has 1 fully saturated rings. The second kappa shape index (κ2) is 8.07. The molecule has 0 amide bonds. The van der Waals surface area contributed by atoms with Crippen LogP contribution in [0.25, 0.3) is 22.4 Å². The molecule has 2 aromatic carbocycles. The van der Waals surface area contributed by atoms with Crippen molar-refractivity contribution >= 4 is 22.7 Å². The van der Waals surface area contributed by atoms with Crippen LogP contribution in [0.4, 0.5) is 4.39 Å². The first-order valence-electron chi connectivity index (χ1n) is 10.1. The summed E-state index contributed by atoms with van der Waals surface area (Å²) in [5, 5.41) is 10.3. The Kier molecular flexibility index (Phi) is 5.12. The normalized spacial score (nSPS) is 15.0. The third kappa shape index (κ3) is 3.65. The molecule has 0 N–H and O–H groups in total. The van der Waals surface area contributed by atoms with Crippen LogP contribution in [0.5, 0.6) is 0 Å². The van der Waals surface area contributed by atoms with Crippen LogP contribution >= 0.6 is 11.8 Å². The van der Waals surface area contributed by atoms with Crippen LogP contribution in [0.3, 0.4) is 0 Å². The van der Waals surface area contributed by atoms with Crippen molar-refractivity contribution in [2.45, 2.75) is 48.2 Å². The van der Waals surface area contributed by atoms with Gasteiger partial charge in [0.25, 0.3) is 0 Å². The van der Waals surface area contributed by atoms with E-state index < -0.39 is 5.63 Å². The van der Waals surface area contributed by atoms with E-state index in [2.05, 4.69) is 14.8 Å². The van der Waals surface area contributed by atoms with Crippen molar-refractivity contribution in [1.29, 1.82) is 0 Å². The van der Waals surface area contributed by atoms with Gasteiger partial charge in [-0.1, -0.05) is 49.6 Å².